The van der Waals surface area contributed by atoms with Crippen LogP contribution in [-0.2, 0) is 32.2 Å². The van der Waals surface area contributed by atoms with Crippen molar-refractivity contribution in [2.24, 2.45) is 7.05 Å². The molecule has 0 saturated carbocycles. The van der Waals surface area contributed by atoms with E-state index >= 15 is 0 Å². The largest absolute Gasteiger partial charge is 0.486 e. The van der Waals surface area contributed by atoms with Crippen LogP contribution in [0.1, 0.15) is 41.1 Å². The molecular formula is C22H22N4OS. The van der Waals surface area contributed by atoms with Gasteiger partial charge in [0.15, 0.2) is 0 Å². The number of aromatic nitrogens is 3. The average Bonchev–Trinajstić information content (AvgIpc) is 3.15. The number of fused-ring (bicyclic) bond motifs is 1. The van der Waals surface area contributed by atoms with Gasteiger partial charge in [0.25, 0.3) is 0 Å². The third-order valence-electron chi connectivity index (χ3n) is 4.97. The highest BCUT2D eigenvalue weighted by atomic mass is 32.2. The third-order valence-corrected chi connectivity index (χ3v) is 6.04. The number of imidazole rings is 1. The highest BCUT2D eigenvalue weighted by Gasteiger charge is 2.15. The molecule has 3 aromatic rings. The molecular weight excluding hydrogens is 368 g/mol. The minimum absolute atomic E-state index is 0.447. The van der Waals surface area contributed by atoms with Gasteiger partial charge >= 0.3 is 0 Å². The molecule has 0 fully saturated rings. The molecule has 0 aliphatic heterocycles. The molecule has 142 valence electrons. The second-order valence-electron chi connectivity index (χ2n) is 6.94. The number of rotatable bonds is 6. The smallest absolute Gasteiger partial charge is 0.146 e. The number of nitriles is 1. The molecule has 5 nitrogen and oxygen atoms in total. The SMILES string of the molecule is Cn1ccnc1COc1ccc(CSc2nc3c(cc2C#N)CCCC3)cc1. The molecule has 0 bridgehead atoms. The van der Waals surface area contributed by atoms with Crippen LogP contribution >= 0.6 is 11.8 Å². The summed E-state index contributed by atoms with van der Waals surface area (Å²) < 4.78 is 7.75. The first-order valence-electron chi connectivity index (χ1n) is 9.46. The van der Waals surface area contributed by atoms with Gasteiger partial charge in [-0.05, 0) is 55.0 Å². The van der Waals surface area contributed by atoms with Crippen LogP contribution < -0.4 is 4.74 Å². The van der Waals surface area contributed by atoms with Gasteiger partial charge in [-0.1, -0.05) is 12.1 Å². The van der Waals surface area contributed by atoms with Crippen LogP contribution in [-0.4, -0.2) is 14.5 Å². The highest BCUT2D eigenvalue weighted by molar-refractivity contribution is 7.98. The Morgan fingerprint density at radius 1 is 1.21 bits per heavy atom. The lowest BCUT2D eigenvalue weighted by molar-refractivity contribution is 0.292. The number of benzene rings is 1. The number of thioether (sulfide) groups is 1. The fourth-order valence-corrected chi connectivity index (χ4v) is 4.25. The van der Waals surface area contributed by atoms with E-state index in [1.165, 1.54) is 29.7 Å². The predicted molar refractivity (Wildman–Crippen MR) is 109 cm³/mol. The zero-order chi connectivity index (χ0) is 19.3. The summed E-state index contributed by atoms with van der Waals surface area (Å²) in [5.41, 5.74) is 4.30. The normalized spacial score (nSPS) is 13.0. The molecule has 0 atom stereocenters. The number of pyridine rings is 1. The van der Waals surface area contributed by atoms with E-state index in [1.807, 2.05) is 36.0 Å². The summed E-state index contributed by atoms with van der Waals surface area (Å²) in [6.45, 7) is 0.447. The van der Waals surface area contributed by atoms with Crippen molar-refractivity contribution in [1.29, 1.82) is 5.26 Å². The van der Waals surface area contributed by atoms with Gasteiger partial charge in [0.1, 0.15) is 29.3 Å². The van der Waals surface area contributed by atoms with Crippen LogP contribution in [0.15, 0.2) is 47.8 Å². The maximum Gasteiger partial charge on any atom is 0.146 e. The quantitative estimate of drug-likeness (QED) is 0.582. The van der Waals surface area contributed by atoms with E-state index in [-0.39, 0.29) is 0 Å². The number of nitrogens with zero attached hydrogens (tertiary/aromatic N) is 4. The fraction of sp³-hybridized carbons (Fsp3) is 0.318. The van der Waals surface area contributed by atoms with Gasteiger partial charge in [-0.3, -0.25) is 0 Å². The zero-order valence-corrected chi connectivity index (χ0v) is 16.7. The summed E-state index contributed by atoms with van der Waals surface area (Å²) >= 11 is 1.63. The Kier molecular flexibility index (Phi) is 5.63. The summed E-state index contributed by atoms with van der Waals surface area (Å²) in [7, 11) is 1.95. The van der Waals surface area contributed by atoms with Crippen molar-refractivity contribution in [3.63, 3.8) is 0 Å². The Morgan fingerprint density at radius 2 is 2.04 bits per heavy atom. The van der Waals surface area contributed by atoms with Crippen LogP contribution in [0.25, 0.3) is 0 Å². The van der Waals surface area contributed by atoms with E-state index in [9.17, 15) is 5.26 Å². The lowest BCUT2D eigenvalue weighted by Crippen LogP contribution is -2.07. The second-order valence-corrected chi connectivity index (χ2v) is 7.91. The minimum Gasteiger partial charge on any atom is -0.486 e. The van der Waals surface area contributed by atoms with Gasteiger partial charge in [-0.2, -0.15) is 5.26 Å². The first-order chi connectivity index (χ1) is 13.7. The van der Waals surface area contributed by atoms with E-state index in [0.29, 0.717) is 12.2 Å². The van der Waals surface area contributed by atoms with Crippen molar-refractivity contribution < 1.29 is 4.74 Å². The molecule has 4 rings (SSSR count). The summed E-state index contributed by atoms with van der Waals surface area (Å²) in [5, 5.41) is 10.3. The van der Waals surface area contributed by atoms with Gasteiger partial charge in [0.2, 0.25) is 0 Å². The molecule has 2 heterocycles. The van der Waals surface area contributed by atoms with Crippen molar-refractivity contribution in [2.75, 3.05) is 0 Å². The zero-order valence-electron chi connectivity index (χ0n) is 15.9. The maximum absolute atomic E-state index is 9.48. The van der Waals surface area contributed by atoms with Crippen LogP contribution in [0, 0.1) is 11.3 Å². The summed E-state index contributed by atoms with van der Waals surface area (Å²) in [6.07, 6.45) is 8.13. The Hall–Kier alpha value is -2.78. The second kappa shape index (κ2) is 8.49. The molecule has 6 heteroatoms. The minimum atomic E-state index is 0.447. The monoisotopic (exact) mass is 390 g/mol. The Morgan fingerprint density at radius 3 is 2.79 bits per heavy atom. The first kappa shape index (κ1) is 18.6. The van der Waals surface area contributed by atoms with E-state index < -0.39 is 0 Å². The Balaban J connectivity index is 1.38. The average molecular weight is 391 g/mol. The number of hydrogen-bond donors (Lipinski definition) is 0. The van der Waals surface area contributed by atoms with Crippen molar-refractivity contribution in [3.8, 4) is 11.8 Å². The number of aryl methyl sites for hydroxylation is 3. The molecule has 2 aromatic heterocycles. The Bertz CT molecular complexity index is 1000. The number of hydrogen-bond acceptors (Lipinski definition) is 5. The van der Waals surface area contributed by atoms with E-state index in [1.54, 1.807) is 18.0 Å². The van der Waals surface area contributed by atoms with Gasteiger partial charge in [-0.25, -0.2) is 9.97 Å². The van der Waals surface area contributed by atoms with Crippen LogP contribution in [0.4, 0.5) is 0 Å². The van der Waals surface area contributed by atoms with Crippen LogP contribution in [0.2, 0.25) is 0 Å². The Labute approximate surface area is 169 Å². The van der Waals surface area contributed by atoms with Crippen LogP contribution in [0.5, 0.6) is 5.75 Å². The molecule has 0 amide bonds. The number of ether oxygens (including phenoxy) is 1. The molecule has 1 aromatic carbocycles. The fourth-order valence-electron chi connectivity index (χ4n) is 3.32. The highest BCUT2D eigenvalue weighted by Crippen LogP contribution is 2.29. The molecule has 0 N–H and O–H groups in total. The molecule has 0 unspecified atom stereocenters. The summed E-state index contributed by atoms with van der Waals surface area (Å²) in [4.78, 5) is 9.05. The van der Waals surface area contributed by atoms with Crippen molar-refractivity contribution in [1.82, 2.24) is 14.5 Å². The standard InChI is InChI=1S/C22H22N4OS/c1-26-11-10-24-21(26)14-27-19-8-6-16(7-9-19)15-28-22-18(13-23)12-17-4-2-3-5-20(17)25-22/h6-12H,2-5,14-15H2,1H3. The van der Waals surface area contributed by atoms with Gasteiger partial charge < -0.3 is 9.30 Å². The summed E-state index contributed by atoms with van der Waals surface area (Å²) in [5.74, 6) is 2.49. The molecule has 0 spiro atoms. The van der Waals surface area contributed by atoms with Gasteiger partial charge in [0, 0.05) is 30.9 Å². The van der Waals surface area contributed by atoms with Crippen molar-refractivity contribution in [3.05, 3.63) is 70.9 Å². The van der Waals surface area contributed by atoms with E-state index in [2.05, 4.69) is 23.2 Å². The molecule has 28 heavy (non-hydrogen) atoms. The molecule has 1 aliphatic rings. The van der Waals surface area contributed by atoms with E-state index in [0.717, 1.165) is 35.2 Å². The first-order valence-corrected chi connectivity index (χ1v) is 10.4. The molecule has 0 radical (unpaired) electrons. The topological polar surface area (TPSA) is 63.7 Å². The molecule has 0 saturated heterocycles. The van der Waals surface area contributed by atoms with E-state index in [4.69, 9.17) is 9.72 Å². The predicted octanol–water partition coefficient (Wildman–Crippen LogP) is 4.44. The van der Waals surface area contributed by atoms with Crippen molar-refractivity contribution >= 4 is 11.8 Å². The summed E-state index contributed by atoms with van der Waals surface area (Å²) in [6, 6.07) is 12.4. The lowest BCUT2D eigenvalue weighted by atomic mass is 9.95. The lowest BCUT2D eigenvalue weighted by Gasteiger charge is -2.16. The van der Waals surface area contributed by atoms with Crippen LogP contribution in [0.3, 0.4) is 0 Å². The van der Waals surface area contributed by atoms with Gasteiger partial charge in [0.05, 0.1) is 5.56 Å². The third kappa shape index (κ3) is 4.20. The maximum atomic E-state index is 9.48. The van der Waals surface area contributed by atoms with Gasteiger partial charge in [-0.15, -0.1) is 11.8 Å². The molecule has 1 aliphatic carbocycles. The van der Waals surface area contributed by atoms with Crippen molar-refractivity contribution in [2.45, 2.75) is 43.1 Å².